The SMILES string of the molecule is CCc1nc(CC)n(-c2ncc(C[C@@H](C)C(F)(F)F)cc2OC(F)F)c1C.O=C=O. The minimum atomic E-state index is -4.38. The van der Waals surface area contributed by atoms with Crippen LogP contribution in [-0.2, 0) is 28.9 Å². The Balaban J connectivity index is 0.00000141. The first-order chi connectivity index (χ1) is 14.0. The summed E-state index contributed by atoms with van der Waals surface area (Å²) < 4.78 is 70.4. The average Bonchev–Trinajstić information content (AvgIpc) is 2.97. The number of hydrogen-bond donors (Lipinski definition) is 0. The van der Waals surface area contributed by atoms with Gasteiger partial charge >= 0.3 is 18.9 Å². The van der Waals surface area contributed by atoms with Crippen molar-refractivity contribution in [1.29, 1.82) is 0 Å². The van der Waals surface area contributed by atoms with Crippen LogP contribution in [0.15, 0.2) is 12.3 Å². The molecule has 0 unspecified atom stereocenters. The molecule has 2 heterocycles. The van der Waals surface area contributed by atoms with E-state index in [0.29, 0.717) is 18.7 Å². The summed E-state index contributed by atoms with van der Waals surface area (Å²) in [4.78, 5) is 24.9. The van der Waals surface area contributed by atoms with E-state index in [2.05, 4.69) is 14.7 Å². The Labute approximate surface area is 170 Å². The lowest BCUT2D eigenvalue weighted by Gasteiger charge is -2.18. The molecule has 2 aromatic heterocycles. The Morgan fingerprint density at radius 3 is 2.27 bits per heavy atom. The van der Waals surface area contributed by atoms with E-state index in [4.69, 9.17) is 9.59 Å². The minimum absolute atomic E-state index is 0.0975. The van der Waals surface area contributed by atoms with E-state index in [9.17, 15) is 22.0 Å². The average molecular weight is 435 g/mol. The topological polar surface area (TPSA) is 74.1 Å². The van der Waals surface area contributed by atoms with Gasteiger partial charge in [-0.2, -0.15) is 31.5 Å². The normalized spacial score (nSPS) is 12.2. The number of alkyl halides is 5. The van der Waals surface area contributed by atoms with Crippen molar-refractivity contribution in [3.8, 4) is 11.6 Å². The fourth-order valence-corrected chi connectivity index (χ4v) is 2.87. The van der Waals surface area contributed by atoms with Crippen LogP contribution in [-0.4, -0.2) is 33.5 Å². The van der Waals surface area contributed by atoms with Gasteiger partial charge in [0.15, 0.2) is 11.6 Å². The highest BCUT2D eigenvalue weighted by Crippen LogP contribution is 2.32. The smallest absolute Gasteiger partial charge is 0.391 e. The van der Waals surface area contributed by atoms with Gasteiger partial charge in [-0.05, 0) is 31.4 Å². The van der Waals surface area contributed by atoms with Crippen LogP contribution in [0.3, 0.4) is 0 Å². The number of imidazole rings is 1. The Hall–Kier alpha value is -2.81. The molecule has 0 saturated heterocycles. The zero-order valence-electron chi connectivity index (χ0n) is 16.9. The number of ether oxygens (including phenoxy) is 1. The summed E-state index contributed by atoms with van der Waals surface area (Å²) >= 11 is 0. The molecule has 0 aliphatic heterocycles. The van der Waals surface area contributed by atoms with Crippen molar-refractivity contribution < 1.29 is 36.3 Å². The molecule has 2 aromatic rings. The molecule has 0 aliphatic carbocycles. The molecule has 0 aromatic carbocycles. The number of carbonyl (C=O) groups excluding carboxylic acids is 2. The number of pyridine rings is 1. The van der Waals surface area contributed by atoms with Gasteiger partial charge < -0.3 is 4.74 Å². The molecule has 0 radical (unpaired) electrons. The second-order valence-electron chi connectivity index (χ2n) is 6.38. The van der Waals surface area contributed by atoms with Crippen LogP contribution in [0, 0.1) is 12.8 Å². The van der Waals surface area contributed by atoms with E-state index in [0.717, 1.165) is 18.3 Å². The second kappa shape index (κ2) is 10.8. The molecule has 0 aliphatic rings. The number of aryl methyl sites for hydroxylation is 2. The van der Waals surface area contributed by atoms with Crippen LogP contribution >= 0.6 is 0 Å². The van der Waals surface area contributed by atoms with Crippen molar-refractivity contribution in [3.63, 3.8) is 0 Å². The quantitative estimate of drug-likeness (QED) is 0.601. The highest BCUT2D eigenvalue weighted by molar-refractivity contribution is 5.45. The summed E-state index contributed by atoms with van der Waals surface area (Å²) in [7, 11) is 0. The van der Waals surface area contributed by atoms with Gasteiger partial charge in [0.2, 0.25) is 0 Å². The van der Waals surface area contributed by atoms with E-state index in [1.54, 1.807) is 11.5 Å². The minimum Gasteiger partial charge on any atom is -0.431 e. The van der Waals surface area contributed by atoms with Crippen molar-refractivity contribution >= 4 is 6.15 Å². The highest BCUT2D eigenvalue weighted by atomic mass is 19.4. The largest absolute Gasteiger partial charge is 0.431 e. The highest BCUT2D eigenvalue weighted by Gasteiger charge is 2.36. The Morgan fingerprint density at radius 1 is 1.20 bits per heavy atom. The van der Waals surface area contributed by atoms with Crippen LogP contribution in [0.4, 0.5) is 22.0 Å². The van der Waals surface area contributed by atoms with Crippen LogP contribution < -0.4 is 4.74 Å². The van der Waals surface area contributed by atoms with Crippen molar-refractivity contribution in [1.82, 2.24) is 14.5 Å². The number of nitrogens with zero attached hydrogens (tertiary/aromatic N) is 3. The molecular weight excluding hydrogens is 413 g/mol. The van der Waals surface area contributed by atoms with Crippen molar-refractivity contribution in [2.24, 2.45) is 5.92 Å². The van der Waals surface area contributed by atoms with Crippen LogP contribution in [0.5, 0.6) is 5.75 Å². The third-order valence-electron chi connectivity index (χ3n) is 4.34. The van der Waals surface area contributed by atoms with Crippen molar-refractivity contribution in [2.75, 3.05) is 0 Å². The Kier molecular flexibility index (Phi) is 9.10. The lowest BCUT2D eigenvalue weighted by Crippen LogP contribution is -2.22. The van der Waals surface area contributed by atoms with E-state index in [1.165, 1.54) is 12.3 Å². The van der Waals surface area contributed by atoms with Gasteiger partial charge in [0, 0.05) is 18.3 Å². The number of rotatable bonds is 7. The third kappa shape index (κ3) is 6.35. The predicted molar refractivity (Wildman–Crippen MR) is 95.4 cm³/mol. The molecule has 11 heteroatoms. The summed E-state index contributed by atoms with van der Waals surface area (Å²) in [5.41, 5.74) is 1.70. The van der Waals surface area contributed by atoms with Gasteiger partial charge in [-0.3, -0.25) is 4.57 Å². The summed E-state index contributed by atoms with van der Waals surface area (Å²) in [5.74, 6) is -1.18. The molecule has 2 rings (SSSR count). The summed E-state index contributed by atoms with van der Waals surface area (Å²) in [6.07, 6.45) is -2.06. The second-order valence-corrected chi connectivity index (χ2v) is 6.38. The molecule has 6 nitrogen and oxygen atoms in total. The zero-order valence-corrected chi connectivity index (χ0v) is 16.9. The molecular formula is C19H22F5N3O3. The molecule has 0 saturated carbocycles. The van der Waals surface area contributed by atoms with Crippen molar-refractivity contribution in [3.05, 3.63) is 35.0 Å². The van der Waals surface area contributed by atoms with Gasteiger partial charge in [-0.15, -0.1) is 0 Å². The van der Waals surface area contributed by atoms with E-state index < -0.39 is 18.7 Å². The first-order valence-electron chi connectivity index (χ1n) is 9.07. The predicted octanol–water partition coefficient (Wildman–Crippen LogP) is 4.46. The Morgan fingerprint density at radius 2 is 1.80 bits per heavy atom. The maximum absolute atomic E-state index is 12.9. The standard InChI is InChI=1S/C18H22F5N3O.CO2/c1-5-13-11(4)26(15(6-2)25-13)16-14(27-17(19)20)8-12(9-24-16)7-10(3)18(21,22)23;2-1-3/h8-10,17H,5-7H2,1-4H3;/t10-;/m1./s1. The molecule has 0 bridgehead atoms. The fourth-order valence-electron chi connectivity index (χ4n) is 2.87. The number of aromatic nitrogens is 3. The molecule has 1 atom stereocenters. The summed E-state index contributed by atoms with van der Waals surface area (Å²) in [6.45, 7) is 3.48. The maximum atomic E-state index is 12.9. The molecule has 166 valence electrons. The van der Waals surface area contributed by atoms with Crippen LogP contribution in [0.1, 0.15) is 43.5 Å². The Bertz CT molecular complexity index is 875. The summed E-state index contributed by atoms with van der Waals surface area (Å²) in [6, 6.07) is 1.20. The maximum Gasteiger partial charge on any atom is 0.391 e. The molecule has 0 fully saturated rings. The first kappa shape index (κ1) is 25.2. The molecule has 30 heavy (non-hydrogen) atoms. The third-order valence-corrected chi connectivity index (χ3v) is 4.34. The van der Waals surface area contributed by atoms with Crippen LogP contribution in [0.25, 0.3) is 5.82 Å². The van der Waals surface area contributed by atoms with Gasteiger partial charge in [-0.25, -0.2) is 9.97 Å². The number of hydrogen-bond acceptors (Lipinski definition) is 5. The molecule has 0 spiro atoms. The van der Waals surface area contributed by atoms with E-state index in [-0.39, 0.29) is 29.7 Å². The van der Waals surface area contributed by atoms with E-state index >= 15 is 0 Å². The molecule has 0 amide bonds. The van der Waals surface area contributed by atoms with Gasteiger partial charge in [0.05, 0.1) is 11.6 Å². The molecule has 0 N–H and O–H groups in total. The first-order valence-corrected chi connectivity index (χ1v) is 9.07. The lowest BCUT2D eigenvalue weighted by atomic mass is 10.0. The fraction of sp³-hybridized carbons (Fsp3) is 0.526. The van der Waals surface area contributed by atoms with Gasteiger partial charge in [0.25, 0.3) is 0 Å². The number of halogens is 5. The summed E-state index contributed by atoms with van der Waals surface area (Å²) in [5, 5.41) is 0. The van der Waals surface area contributed by atoms with Gasteiger partial charge in [-0.1, -0.05) is 20.8 Å². The van der Waals surface area contributed by atoms with Gasteiger partial charge in [0.1, 0.15) is 5.82 Å². The lowest BCUT2D eigenvalue weighted by molar-refractivity contribution is -0.191. The monoisotopic (exact) mass is 435 g/mol. The zero-order chi connectivity index (χ0) is 23.1. The van der Waals surface area contributed by atoms with Crippen LogP contribution in [0.2, 0.25) is 0 Å². The van der Waals surface area contributed by atoms with Crippen molar-refractivity contribution in [2.45, 2.75) is 59.7 Å². The van der Waals surface area contributed by atoms with E-state index in [1.807, 2.05) is 13.8 Å².